The summed E-state index contributed by atoms with van der Waals surface area (Å²) in [6, 6.07) is 4.52. The maximum Gasteiger partial charge on any atom is 0.243 e. The Kier molecular flexibility index (Phi) is 13.4. The van der Waals surface area contributed by atoms with Crippen LogP contribution < -0.4 is 43.4 Å². The molecule has 0 saturated carbocycles. The number of rotatable bonds is 7. The van der Waals surface area contributed by atoms with E-state index in [2.05, 4.69) is 49.5 Å². The van der Waals surface area contributed by atoms with E-state index in [0.717, 1.165) is 5.56 Å². The first kappa shape index (κ1) is 32.9. The number of benzene rings is 1. The first-order chi connectivity index (χ1) is 19.5. The molecular formula is C25H37N9O6S. The summed E-state index contributed by atoms with van der Waals surface area (Å²) in [6.45, 7) is 0.612. The number of guanidine groups is 1. The molecule has 0 unspecified atom stereocenters. The van der Waals surface area contributed by atoms with Crippen LogP contribution in [0.15, 0.2) is 35.3 Å². The summed E-state index contributed by atoms with van der Waals surface area (Å²) in [4.78, 5) is 80.5. The second kappa shape index (κ2) is 16.7. The molecule has 224 valence electrons. The van der Waals surface area contributed by atoms with Crippen LogP contribution in [0, 0.1) is 0 Å². The molecule has 0 aromatic heterocycles. The molecule has 0 spiro atoms. The average Bonchev–Trinajstić information content (AvgIpc) is 2.94. The molecule has 0 radical (unpaired) electrons. The maximum absolute atomic E-state index is 13.1. The molecule has 6 amide bonds. The number of aliphatic imine (C=N–C) groups is 1. The van der Waals surface area contributed by atoms with E-state index in [1.54, 1.807) is 30.3 Å². The number of carbonyl (C=O) groups is 6. The van der Waals surface area contributed by atoms with Gasteiger partial charge in [0.25, 0.3) is 0 Å². The number of nitrogens with two attached hydrogens (primary N) is 2. The quantitative estimate of drug-likeness (QED) is 0.0663. The van der Waals surface area contributed by atoms with Gasteiger partial charge in [0.2, 0.25) is 35.4 Å². The lowest BCUT2D eigenvalue weighted by Gasteiger charge is -2.24. The average molecular weight is 592 g/mol. The van der Waals surface area contributed by atoms with E-state index in [1.165, 1.54) is 6.92 Å². The summed E-state index contributed by atoms with van der Waals surface area (Å²) in [5.41, 5.74) is 11.4. The normalized spacial score (nSPS) is 23.4. The Labute approximate surface area is 242 Å². The lowest BCUT2D eigenvalue weighted by molar-refractivity contribution is -0.134. The zero-order valence-corrected chi connectivity index (χ0v) is 23.5. The van der Waals surface area contributed by atoms with Crippen molar-refractivity contribution in [3.63, 3.8) is 0 Å². The third kappa shape index (κ3) is 11.7. The van der Waals surface area contributed by atoms with Crippen LogP contribution in [0.3, 0.4) is 0 Å². The van der Waals surface area contributed by atoms with E-state index in [9.17, 15) is 28.8 Å². The highest BCUT2D eigenvalue weighted by Gasteiger charge is 2.29. The van der Waals surface area contributed by atoms with E-state index in [4.69, 9.17) is 11.5 Å². The molecule has 1 aromatic rings. The zero-order valence-electron chi connectivity index (χ0n) is 22.6. The minimum Gasteiger partial charge on any atom is -0.370 e. The molecule has 15 nitrogen and oxygen atoms in total. The maximum atomic E-state index is 13.1. The fraction of sp³-hybridized carbons (Fsp3) is 0.480. The van der Waals surface area contributed by atoms with Gasteiger partial charge < -0.3 is 43.4 Å². The summed E-state index contributed by atoms with van der Waals surface area (Å²) in [6.07, 6.45) is 0.536. The van der Waals surface area contributed by atoms with Crippen LogP contribution >= 0.6 is 12.6 Å². The first-order valence-electron chi connectivity index (χ1n) is 12.9. The molecule has 41 heavy (non-hydrogen) atoms. The van der Waals surface area contributed by atoms with Gasteiger partial charge in [-0.3, -0.25) is 33.8 Å². The standard InChI is InChI=1S/C25H37N9O6S/c1-14-21(37)33-16(8-5-9-28-25(26)27)22(38)29-12-20(36)32-17(10-15-6-3-2-4-7-15)24(40)34-18(13-41)23(39)30-11-19(35)31-14/h2-4,6-7,14,16-18,41H,5,8-13H2,1H3,(H,29,38)(H,30,39)(H,31,35)(H,32,36)(H,33,37)(H,34,40)(H4,26,27,28)/t14-,16-,17-,18-/m0/s1. The number of amides is 6. The van der Waals surface area contributed by atoms with Gasteiger partial charge in [0.1, 0.15) is 24.2 Å². The minimum absolute atomic E-state index is 0.0926. The topological polar surface area (TPSA) is 239 Å². The largest absolute Gasteiger partial charge is 0.370 e. The van der Waals surface area contributed by atoms with Crippen LogP contribution in [0.1, 0.15) is 25.3 Å². The van der Waals surface area contributed by atoms with Gasteiger partial charge in [0.15, 0.2) is 5.96 Å². The van der Waals surface area contributed by atoms with Crippen molar-refractivity contribution in [3.8, 4) is 0 Å². The second-order valence-corrected chi connectivity index (χ2v) is 9.65. The summed E-state index contributed by atoms with van der Waals surface area (Å²) >= 11 is 4.12. The monoisotopic (exact) mass is 591 g/mol. The molecule has 10 N–H and O–H groups in total. The van der Waals surface area contributed by atoms with Gasteiger partial charge in [-0.25, -0.2) is 0 Å². The van der Waals surface area contributed by atoms with Gasteiger partial charge in [-0.2, -0.15) is 12.6 Å². The highest BCUT2D eigenvalue weighted by atomic mass is 32.1. The molecule has 1 saturated heterocycles. The number of thiol groups is 1. The van der Waals surface area contributed by atoms with E-state index >= 15 is 0 Å². The van der Waals surface area contributed by atoms with Crippen LogP contribution in [-0.2, 0) is 35.2 Å². The molecular weight excluding hydrogens is 554 g/mol. The van der Waals surface area contributed by atoms with E-state index in [1.807, 2.05) is 0 Å². The van der Waals surface area contributed by atoms with Gasteiger partial charge in [-0.15, -0.1) is 0 Å². The fourth-order valence-corrected chi connectivity index (χ4v) is 4.04. The van der Waals surface area contributed by atoms with E-state index in [-0.39, 0.29) is 31.1 Å². The Morgan fingerprint density at radius 2 is 1.39 bits per heavy atom. The third-order valence-electron chi connectivity index (χ3n) is 5.95. The second-order valence-electron chi connectivity index (χ2n) is 9.29. The van der Waals surface area contributed by atoms with Crippen molar-refractivity contribution in [2.75, 3.05) is 25.4 Å². The minimum atomic E-state index is -1.12. The number of hydrogen-bond donors (Lipinski definition) is 9. The summed E-state index contributed by atoms with van der Waals surface area (Å²) in [5.74, 6) is -4.23. The Morgan fingerprint density at radius 3 is 2.00 bits per heavy atom. The third-order valence-corrected chi connectivity index (χ3v) is 6.31. The van der Waals surface area contributed by atoms with Crippen LogP contribution in [0.25, 0.3) is 0 Å². The van der Waals surface area contributed by atoms with Crippen LogP contribution in [0.4, 0.5) is 0 Å². The molecule has 0 bridgehead atoms. The predicted octanol–water partition coefficient (Wildman–Crippen LogP) is -3.58. The Balaban J connectivity index is 2.27. The molecule has 1 aliphatic rings. The molecule has 1 heterocycles. The Bertz CT molecular complexity index is 1130. The number of hydrogen-bond acceptors (Lipinski definition) is 8. The van der Waals surface area contributed by atoms with Gasteiger partial charge in [0, 0.05) is 18.7 Å². The Hall–Kier alpha value is -4.34. The van der Waals surface area contributed by atoms with Crippen molar-refractivity contribution < 1.29 is 28.8 Å². The van der Waals surface area contributed by atoms with Gasteiger partial charge in [0.05, 0.1) is 13.1 Å². The smallest absolute Gasteiger partial charge is 0.243 e. The van der Waals surface area contributed by atoms with Crippen molar-refractivity contribution in [2.45, 2.75) is 50.4 Å². The Morgan fingerprint density at radius 1 is 0.805 bits per heavy atom. The summed E-state index contributed by atoms with van der Waals surface area (Å²) in [5, 5.41) is 15.0. The van der Waals surface area contributed by atoms with E-state index < -0.39 is 72.7 Å². The van der Waals surface area contributed by atoms with Gasteiger partial charge in [-0.05, 0) is 25.3 Å². The molecule has 16 heteroatoms. The fourth-order valence-electron chi connectivity index (χ4n) is 3.78. The van der Waals surface area contributed by atoms with Crippen LogP contribution in [0.2, 0.25) is 0 Å². The van der Waals surface area contributed by atoms with E-state index in [0.29, 0.717) is 6.42 Å². The van der Waals surface area contributed by atoms with Crippen molar-refractivity contribution >= 4 is 54.0 Å². The van der Waals surface area contributed by atoms with Gasteiger partial charge >= 0.3 is 0 Å². The zero-order chi connectivity index (χ0) is 30.4. The van der Waals surface area contributed by atoms with Crippen molar-refractivity contribution in [2.24, 2.45) is 16.5 Å². The molecule has 1 aliphatic heterocycles. The lowest BCUT2D eigenvalue weighted by atomic mass is 10.0. The van der Waals surface area contributed by atoms with Crippen LogP contribution in [-0.4, -0.2) is 91.0 Å². The van der Waals surface area contributed by atoms with Crippen LogP contribution in [0.5, 0.6) is 0 Å². The van der Waals surface area contributed by atoms with Crippen molar-refractivity contribution in [1.29, 1.82) is 0 Å². The predicted molar refractivity (Wildman–Crippen MR) is 153 cm³/mol. The number of nitrogens with one attached hydrogen (secondary N) is 6. The lowest BCUT2D eigenvalue weighted by Crippen LogP contribution is -2.58. The summed E-state index contributed by atoms with van der Waals surface area (Å²) in [7, 11) is 0. The molecule has 4 atom stereocenters. The SMILES string of the molecule is C[C@@H]1NC(=O)CNC(=O)[C@H](CS)NC(=O)[C@H](Cc2ccccc2)NC(=O)CNC(=O)[C@H](CCCN=C(N)N)NC1=O. The van der Waals surface area contributed by atoms with Crippen molar-refractivity contribution in [3.05, 3.63) is 35.9 Å². The van der Waals surface area contributed by atoms with Crippen molar-refractivity contribution in [1.82, 2.24) is 31.9 Å². The highest BCUT2D eigenvalue weighted by Crippen LogP contribution is 2.05. The number of carbonyl (C=O) groups excluding carboxylic acids is 6. The molecule has 1 fully saturated rings. The molecule has 2 rings (SSSR count). The highest BCUT2D eigenvalue weighted by molar-refractivity contribution is 7.80. The summed E-state index contributed by atoms with van der Waals surface area (Å²) < 4.78 is 0. The first-order valence-corrected chi connectivity index (χ1v) is 13.6. The molecule has 1 aromatic carbocycles. The number of nitrogens with zero attached hydrogens (tertiary/aromatic N) is 1. The van der Waals surface area contributed by atoms with Gasteiger partial charge in [-0.1, -0.05) is 30.3 Å². The molecule has 0 aliphatic carbocycles.